The van der Waals surface area contributed by atoms with Gasteiger partial charge in [0.15, 0.2) is 0 Å². The lowest BCUT2D eigenvalue weighted by Crippen LogP contribution is -2.40. The number of carbonyl (C=O) groups excluding carboxylic acids is 1. The molecular weight excluding hydrogens is 292 g/mol. The molecule has 7 nitrogen and oxygen atoms in total. The molecule has 1 aliphatic heterocycles. The molecule has 21 heavy (non-hydrogen) atoms. The first kappa shape index (κ1) is 15.7. The maximum atomic E-state index is 12.2. The van der Waals surface area contributed by atoms with Crippen LogP contribution in [0.15, 0.2) is 0 Å². The van der Waals surface area contributed by atoms with Crippen LogP contribution >= 0.6 is 11.3 Å². The van der Waals surface area contributed by atoms with Gasteiger partial charge >= 0.3 is 12.0 Å². The average molecular weight is 312 g/mol. The van der Waals surface area contributed by atoms with Crippen molar-refractivity contribution in [2.75, 3.05) is 11.9 Å². The molecule has 2 rings (SSSR count). The molecule has 2 N–H and O–H groups in total. The third kappa shape index (κ3) is 3.69. The van der Waals surface area contributed by atoms with Crippen molar-refractivity contribution < 1.29 is 14.7 Å². The second kappa shape index (κ2) is 6.38. The summed E-state index contributed by atoms with van der Waals surface area (Å²) in [7, 11) is 0. The zero-order chi connectivity index (χ0) is 15.6. The third-order valence-electron chi connectivity index (χ3n) is 3.60. The van der Waals surface area contributed by atoms with Gasteiger partial charge in [0.1, 0.15) is 5.01 Å². The topological polar surface area (TPSA) is 95.4 Å². The van der Waals surface area contributed by atoms with E-state index in [1.54, 1.807) is 11.8 Å². The highest BCUT2D eigenvalue weighted by Gasteiger charge is 2.38. The van der Waals surface area contributed by atoms with Gasteiger partial charge in [0.2, 0.25) is 5.13 Å². The highest BCUT2D eigenvalue weighted by molar-refractivity contribution is 7.15. The summed E-state index contributed by atoms with van der Waals surface area (Å²) >= 11 is 1.36. The Bertz CT molecular complexity index is 531. The minimum absolute atomic E-state index is 0.307. The van der Waals surface area contributed by atoms with Gasteiger partial charge in [-0.2, -0.15) is 0 Å². The predicted molar refractivity (Wildman–Crippen MR) is 79.4 cm³/mol. The van der Waals surface area contributed by atoms with Crippen molar-refractivity contribution in [3.05, 3.63) is 5.01 Å². The van der Waals surface area contributed by atoms with E-state index in [1.165, 1.54) is 11.3 Å². The van der Waals surface area contributed by atoms with Crippen molar-refractivity contribution >= 4 is 28.5 Å². The van der Waals surface area contributed by atoms with Gasteiger partial charge in [-0.1, -0.05) is 25.2 Å². The monoisotopic (exact) mass is 312 g/mol. The summed E-state index contributed by atoms with van der Waals surface area (Å²) in [5.74, 6) is -0.869. The highest BCUT2D eigenvalue weighted by atomic mass is 32.1. The molecule has 0 saturated carbocycles. The second-order valence-electron chi connectivity index (χ2n) is 5.70. The first-order valence-electron chi connectivity index (χ1n) is 7.01. The summed E-state index contributed by atoms with van der Waals surface area (Å²) < 4.78 is 0. The van der Waals surface area contributed by atoms with E-state index >= 15 is 0 Å². The van der Waals surface area contributed by atoms with Crippen LogP contribution in [0.2, 0.25) is 0 Å². The van der Waals surface area contributed by atoms with Gasteiger partial charge in [-0.05, 0) is 19.3 Å². The molecule has 0 radical (unpaired) electrons. The Labute approximate surface area is 127 Å². The van der Waals surface area contributed by atoms with E-state index in [9.17, 15) is 9.59 Å². The number of hydrogen-bond donors (Lipinski definition) is 2. The van der Waals surface area contributed by atoms with E-state index in [0.717, 1.165) is 11.4 Å². The molecule has 2 atom stereocenters. The Morgan fingerprint density at radius 2 is 2.19 bits per heavy atom. The van der Waals surface area contributed by atoms with Crippen molar-refractivity contribution in [1.82, 2.24) is 15.1 Å². The number of aromatic nitrogens is 2. The summed E-state index contributed by atoms with van der Waals surface area (Å²) in [6.45, 7) is 6.40. The van der Waals surface area contributed by atoms with E-state index in [4.69, 9.17) is 5.11 Å². The Hall–Kier alpha value is -1.70. The normalized spacial score (nSPS) is 21.8. The summed E-state index contributed by atoms with van der Waals surface area (Å²) in [6.07, 6.45) is 1.31. The number of anilines is 1. The number of likely N-dealkylation sites (tertiary alicyclic amines) is 1. The van der Waals surface area contributed by atoms with E-state index in [2.05, 4.69) is 29.4 Å². The standard InChI is InChI=1S/C13H20N4O3S/c1-7(2)6-10-15-16-12(21-10)14-13(20)17-5-4-9(8(17)3)11(18)19/h7-9H,4-6H2,1-3H3,(H,18,19)(H,14,16,20). The molecule has 8 heteroatoms. The van der Waals surface area contributed by atoms with Gasteiger partial charge in [0.25, 0.3) is 0 Å². The van der Waals surface area contributed by atoms with Crippen molar-refractivity contribution in [2.45, 2.75) is 39.7 Å². The summed E-state index contributed by atoms with van der Waals surface area (Å²) in [5, 5.41) is 21.1. The van der Waals surface area contributed by atoms with Crippen LogP contribution in [0.4, 0.5) is 9.93 Å². The number of rotatable bonds is 4. The van der Waals surface area contributed by atoms with Crippen LogP contribution in [0.3, 0.4) is 0 Å². The molecular formula is C13H20N4O3S. The van der Waals surface area contributed by atoms with Crippen LogP contribution in [0.5, 0.6) is 0 Å². The molecule has 0 bridgehead atoms. The zero-order valence-electron chi connectivity index (χ0n) is 12.4. The van der Waals surface area contributed by atoms with Gasteiger partial charge in [-0.3, -0.25) is 10.1 Å². The van der Waals surface area contributed by atoms with E-state index in [0.29, 0.717) is 24.0 Å². The minimum Gasteiger partial charge on any atom is -0.481 e. The van der Waals surface area contributed by atoms with Gasteiger partial charge in [-0.25, -0.2) is 4.79 Å². The largest absolute Gasteiger partial charge is 0.481 e. The molecule has 2 amide bonds. The quantitative estimate of drug-likeness (QED) is 0.887. The van der Waals surface area contributed by atoms with Gasteiger partial charge in [-0.15, -0.1) is 10.2 Å². The number of hydrogen-bond acceptors (Lipinski definition) is 5. The lowest BCUT2D eigenvalue weighted by molar-refractivity contribution is -0.142. The van der Waals surface area contributed by atoms with Crippen molar-refractivity contribution in [2.24, 2.45) is 11.8 Å². The Morgan fingerprint density at radius 3 is 2.76 bits per heavy atom. The van der Waals surface area contributed by atoms with Crippen molar-refractivity contribution in [3.63, 3.8) is 0 Å². The fraction of sp³-hybridized carbons (Fsp3) is 0.692. The SMILES string of the molecule is CC(C)Cc1nnc(NC(=O)N2CCC(C(=O)O)C2C)s1. The van der Waals surface area contributed by atoms with Crippen LogP contribution in [-0.4, -0.2) is 44.8 Å². The maximum Gasteiger partial charge on any atom is 0.323 e. The van der Waals surface area contributed by atoms with Crippen LogP contribution in [0, 0.1) is 11.8 Å². The third-order valence-corrected chi connectivity index (χ3v) is 4.46. The number of nitrogens with one attached hydrogen (secondary N) is 1. The fourth-order valence-electron chi connectivity index (χ4n) is 2.46. The first-order chi connectivity index (χ1) is 9.88. The molecule has 2 heterocycles. The number of aliphatic carboxylic acids is 1. The Kier molecular flexibility index (Phi) is 4.76. The van der Waals surface area contributed by atoms with Crippen molar-refractivity contribution in [1.29, 1.82) is 0 Å². The highest BCUT2D eigenvalue weighted by Crippen LogP contribution is 2.26. The maximum absolute atomic E-state index is 12.2. The number of amides is 2. The molecule has 1 aromatic rings. The van der Waals surface area contributed by atoms with E-state index < -0.39 is 11.9 Å². The molecule has 0 aromatic carbocycles. The average Bonchev–Trinajstić information content (AvgIpc) is 2.95. The number of carbonyl (C=O) groups is 2. The molecule has 0 aliphatic carbocycles. The Balaban J connectivity index is 1.96. The lowest BCUT2D eigenvalue weighted by atomic mass is 10.0. The molecule has 2 unspecified atom stereocenters. The molecule has 1 aliphatic rings. The molecule has 1 aromatic heterocycles. The van der Waals surface area contributed by atoms with Gasteiger partial charge in [0.05, 0.1) is 5.92 Å². The van der Waals surface area contributed by atoms with Crippen LogP contribution in [-0.2, 0) is 11.2 Å². The Morgan fingerprint density at radius 1 is 1.48 bits per heavy atom. The number of urea groups is 1. The van der Waals surface area contributed by atoms with Crippen molar-refractivity contribution in [3.8, 4) is 0 Å². The molecule has 1 saturated heterocycles. The summed E-state index contributed by atoms with van der Waals surface area (Å²) in [4.78, 5) is 24.8. The number of carboxylic acids is 1. The minimum atomic E-state index is -0.854. The summed E-state index contributed by atoms with van der Waals surface area (Å²) in [5.41, 5.74) is 0. The molecule has 0 spiro atoms. The lowest BCUT2D eigenvalue weighted by Gasteiger charge is -2.22. The predicted octanol–water partition coefficient (Wildman–Crippen LogP) is 2.06. The zero-order valence-corrected chi connectivity index (χ0v) is 13.2. The molecule has 1 fully saturated rings. The molecule has 116 valence electrons. The van der Waals surface area contributed by atoms with E-state index in [1.807, 2.05) is 0 Å². The number of carboxylic acid groups (broad SMARTS) is 1. The fourth-order valence-corrected chi connectivity index (χ4v) is 3.40. The smallest absolute Gasteiger partial charge is 0.323 e. The second-order valence-corrected chi connectivity index (χ2v) is 6.76. The van der Waals surface area contributed by atoms with Crippen LogP contribution in [0.25, 0.3) is 0 Å². The van der Waals surface area contributed by atoms with E-state index in [-0.39, 0.29) is 12.1 Å². The van der Waals surface area contributed by atoms with Crippen LogP contribution < -0.4 is 5.32 Å². The van der Waals surface area contributed by atoms with Gasteiger partial charge < -0.3 is 10.0 Å². The number of nitrogens with zero attached hydrogens (tertiary/aromatic N) is 3. The first-order valence-corrected chi connectivity index (χ1v) is 7.83. The van der Waals surface area contributed by atoms with Gasteiger partial charge in [0, 0.05) is 19.0 Å². The summed E-state index contributed by atoms with van der Waals surface area (Å²) in [6, 6.07) is -0.621. The van der Waals surface area contributed by atoms with Crippen LogP contribution in [0.1, 0.15) is 32.2 Å².